The predicted octanol–water partition coefficient (Wildman–Crippen LogP) is 3.23. The molecule has 1 aliphatic rings. The van der Waals surface area contributed by atoms with Gasteiger partial charge in [0.1, 0.15) is 12.3 Å². The third-order valence-electron chi connectivity index (χ3n) is 4.17. The van der Waals surface area contributed by atoms with Gasteiger partial charge in [-0.2, -0.15) is 0 Å². The highest BCUT2D eigenvalue weighted by Crippen LogP contribution is 2.28. The average Bonchev–Trinajstić information content (AvgIpc) is 3.31. The van der Waals surface area contributed by atoms with Crippen molar-refractivity contribution in [1.82, 2.24) is 10.1 Å². The lowest BCUT2D eigenvalue weighted by Crippen LogP contribution is -2.42. The van der Waals surface area contributed by atoms with Gasteiger partial charge < -0.3 is 20.1 Å². The standard InChI is InChI=1S/C18H22N4O3/c1-11-5-4-6-12(2)17(11)20-18(24)22(14-7-8-14)10-16(23)19-15-9-13(3)25-21-15/h4-6,9,14H,7-8,10H2,1-3H3,(H,20,24)(H,19,21,23). The monoisotopic (exact) mass is 342 g/mol. The quantitative estimate of drug-likeness (QED) is 0.873. The number of nitrogens with one attached hydrogen (secondary N) is 2. The summed E-state index contributed by atoms with van der Waals surface area (Å²) < 4.78 is 4.93. The van der Waals surface area contributed by atoms with E-state index in [1.54, 1.807) is 17.9 Å². The molecule has 0 spiro atoms. The second kappa shape index (κ2) is 6.96. The molecule has 0 radical (unpaired) electrons. The Hall–Kier alpha value is -2.83. The number of carbonyl (C=O) groups is 2. The molecule has 25 heavy (non-hydrogen) atoms. The first kappa shape index (κ1) is 17.0. The van der Waals surface area contributed by atoms with Crippen LogP contribution in [0.5, 0.6) is 0 Å². The molecule has 1 saturated carbocycles. The van der Waals surface area contributed by atoms with Gasteiger partial charge in [-0.05, 0) is 44.7 Å². The molecule has 0 aliphatic heterocycles. The van der Waals surface area contributed by atoms with E-state index >= 15 is 0 Å². The van der Waals surface area contributed by atoms with Crippen LogP contribution in [0.25, 0.3) is 0 Å². The summed E-state index contributed by atoms with van der Waals surface area (Å²) >= 11 is 0. The molecule has 3 amide bonds. The molecular weight excluding hydrogens is 320 g/mol. The number of rotatable bonds is 5. The molecular formula is C18H22N4O3. The summed E-state index contributed by atoms with van der Waals surface area (Å²) in [5.41, 5.74) is 2.78. The number of anilines is 2. The highest BCUT2D eigenvalue weighted by atomic mass is 16.5. The second-order valence-electron chi connectivity index (χ2n) is 6.43. The lowest BCUT2D eigenvalue weighted by atomic mass is 10.1. The summed E-state index contributed by atoms with van der Waals surface area (Å²) in [7, 11) is 0. The normalized spacial score (nSPS) is 13.4. The summed E-state index contributed by atoms with van der Waals surface area (Å²) in [6.45, 7) is 5.62. The van der Waals surface area contributed by atoms with Crippen LogP contribution < -0.4 is 10.6 Å². The SMILES string of the molecule is Cc1cc(NC(=O)CN(C(=O)Nc2c(C)cccc2C)C2CC2)no1. The Balaban J connectivity index is 1.66. The van der Waals surface area contributed by atoms with Crippen LogP contribution in [-0.2, 0) is 4.79 Å². The maximum atomic E-state index is 12.7. The zero-order valence-electron chi connectivity index (χ0n) is 14.6. The van der Waals surface area contributed by atoms with Gasteiger partial charge in [0.15, 0.2) is 5.82 Å². The summed E-state index contributed by atoms with van der Waals surface area (Å²) in [4.78, 5) is 26.5. The van der Waals surface area contributed by atoms with E-state index in [4.69, 9.17) is 4.52 Å². The van der Waals surface area contributed by atoms with Crippen molar-refractivity contribution in [2.45, 2.75) is 39.7 Å². The number of para-hydroxylation sites is 1. The van der Waals surface area contributed by atoms with Crippen molar-refractivity contribution in [3.8, 4) is 0 Å². The molecule has 1 heterocycles. The number of hydrogen-bond acceptors (Lipinski definition) is 4. The van der Waals surface area contributed by atoms with E-state index in [0.29, 0.717) is 11.6 Å². The van der Waals surface area contributed by atoms with Crippen molar-refractivity contribution in [3.63, 3.8) is 0 Å². The number of hydrogen-bond donors (Lipinski definition) is 2. The van der Waals surface area contributed by atoms with Crippen LogP contribution in [0.2, 0.25) is 0 Å². The summed E-state index contributed by atoms with van der Waals surface area (Å²) in [5, 5.41) is 9.33. The Morgan fingerprint density at radius 2 is 1.88 bits per heavy atom. The van der Waals surface area contributed by atoms with E-state index in [1.165, 1.54) is 0 Å². The van der Waals surface area contributed by atoms with E-state index < -0.39 is 0 Å². The molecule has 0 atom stereocenters. The number of aromatic nitrogens is 1. The van der Waals surface area contributed by atoms with Crippen LogP contribution >= 0.6 is 0 Å². The van der Waals surface area contributed by atoms with E-state index in [0.717, 1.165) is 29.7 Å². The van der Waals surface area contributed by atoms with Gasteiger partial charge in [0.05, 0.1) is 0 Å². The maximum Gasteiger partial charge on any atom is 0.322 e. The van der Waals surface area contributed by atoms with Crippen molar-refractivity contribution in [3.05, 3.63) is 41.2 Å². The summed E-state index contributed by atoms with van der Waals surface area (Å²) in [6, 6.07) is 7.33. The first-order chi connectivity index (χ1) is 11.9. The first-order valence-corrected chi connectivity index (χ1v) is 8.31. The number of urea groups is 1. The number of amides is 3. The fraction of sp³-hybridized carbons (Fsp3) is 0.389. The molecule has 3 rings (SSSR count). The minimum atomic E-state index is -0.295. The predicted molar refractivity (Wildman–Crippen MR) is 94.5 cm³/mol. The van der Waals surface area contributed by atoms with Crippen molar-refractivity contribution in [1.29, 1.82) is 0 Å². The van der Waals surface area contributed by atoms with E-state index in [2.05, 4.69) is 15.8 Å². The highest BCUT2D eigenvalue weighted by Gasteiger charge is 2.34. The molecule has 132 valence electrons. The molecule has 1 aromatic heterocycles. The second-order valence-corrected chi connectivity index (χ2v) is 6.43. The molecule has 0 saturated heterocycles. The van der Waals surface area contributed by atoms with Crippen LogP contribution in [0.1, 0.15) is 29.7 Å². The Morgan fingerprint density at radius 3 is 2.44 bits per heavy atom. The molecule has 2 aromatic rings. The van der Waals surface area contributed by atoms with Crippen LogP contribution in [0.15, 0.2) is 28.8 Å². The molecule has 1 aromatic carbocycles. The minimum Gasteiger partial charge on any atom is -0.360 e. The Morgan fingerprint density at radius 1 is 1.20 bits per heavy atom. The van der Waals surface area contributed by atoms with Crippen molar-refractivity contribution < 1.29 is 14.1 Å². The summed E-state index contributed by atoms with van der Waals surface area (Å²) in [5.74, 6) is 0.673. The lowest BCUT2D eigenvalue weighted by molar-refractivity contribution is -0.116. The van der Waals surface area contributed by atoms with Crippen LogP contribution in [0, 0.1) is 20.8 Å². The van der Waals surface area contributed by atoms with Gasteiger partial charge in [-0.25, -0.2) is 4.79 Å². The minimum absolute atomic E-state index is 0.0205. The molecule has 1 fully saturated rings. The zero-order valence-corrected chi connectivity index (χ0v) is 14.6. The highest BCUT2D eigenvalue weighted by molar-refractivity contribution is 5.97. The largest absolute Gasteiger partial charge is 0.360 e. The molecule has 0 unspecified atom stereocenters. The topological polar surface area (TPSA) is 87.5 Å². The Bertz CT molecular complexity index is 775. The number of carbonyl (C=O) groups excluding carboxylic acids is 2. The molecule has 1 aliphatic carbocycles. The number of nitrogens with zero attached hydrogens (tertiary/aromatic N) is 2. The van der Waals surface area contributed by atoms with Crippen molar-refractivity contribution in [2.75, 3.05) is 17.2 Å². The smallest absolute Gasteiger partial charge is 0.322 e. The maximum absolute atomic E-state index is 12.7. The van der Waals surface area contributed by atoms with Gasteiger partial charge in [0, 0.05) is 17.8 Å². The van der Waals surface area contributed by atoms with Gasteiger partial charge >= 0.3 is 6.03 Å². The van der Waals surface area contributed by atoms with Crippen LogP contribution in [0.3, 0.4) is 0 Å². The Kier molecular flexibility index (Phi) is 4.74. The van der Waals surface area contributed by atoms with Crippen LogP contribution in [0.4, 0.5) is 16.3 Å². The van der Waals surface area contributed by atoms with Gasteiger partial charge in [-0.1, -0.05) is 23.4 Å². The molecule has 0 bridgehead atoms. The lowest BCUT2D eigenvalue weighted by Gasteiger charge is -2.23. The third-order valence-corrected chi connectivity index (χ3v) is 4.17. The van der Waals surface area contributed by atoms with Crippen molar-refractivity contribution >= 4 is 23.4 Å². The summed E-state index contributed by atoms with van der Waals surface area (Å²) in [6.07, 6.45) is 1.83. The van der Waals surface area contributed by atoms with E-state index in [-0.39, 0.29) is 24.5 Å². The Labute approximate surface area is 146 Å². The fourth-order valence-electron chi connectivity index (χ4n) is 2.71. The van der Waals surface area contributed by atoms with E-state index in [1.807, 2.05) is 32.0 Å². The molecule has 7 heteroatoms. The number of aryl methyl sites for hydroxylation is 3. The van der Waals surface area contributed by atoms with E-state index in [9.17, 15) is 9.59 Å². The van der Waals surface area contributed by atoms with Gasteiger partial charge in [-0.3, -0.25) is 4.79 Å². The fourth-order valence-corrected chi connectivity index (χ4v) is 2.71. The molecule has 2 N–H and O–H groups in total. The first-order valence-electron chi connectivity index (χ1n) is 8.31. The van der Waals surface area contributed by atoms with Crippen molar-refractivity contribution in [2.24, 2.45) is 0 Å². The van der Waals surface area contributed by atoms with Gasteiger partial charge in [0.25, 0.3) is 0 Å². The van der Waals surface area contributed by atoms with Crippen LogP contribution in [-0.4, -0.2) is 34.6 Å². The number of benzene rings is 1. The average molecular weight is 342 g/mol. The van der Waals surface area contributed by atoms with Gasteiger partial charge in [0.2, 0.25) is 5.91 Å². The molecule has 7 nitrogen and oxygen atoms in total. The zero-order chi connectivity index (χ0) is 18.0. The van der Waals surface area contributed by atoms with Gasteiger partial charge in [-0.15, -0.1) is 0 Å². The third kappa shape index (κ3) is 4.17.